The Hall–Kier alpha value is -3.66. The molecule has 2 aliphatic heterocycles. The summed E-state index contributed by atoms with van der Waals surface area (Å²) in [5.41, 5.74) is 10.4. The number of ether oxygens (including phenoxy) is 1. The molecule has 2 atom stereocenters. The lowest BCUT2D eigenvalue weighted by Gasteiger charge is -2.43. The second kappa shape index (κ2) is 9.33. The van der Waals surface area contributed by atoms with Gasteiger partial charge in [0, 0.05) is 41.5 Å². The maximum Gasteiger partial charge on any atom is 0.407 e. The minimum Gasteiger partial charge on any atom is -0.465 e. The molecule has 5 rings (SSSR count). The molecule has 1 amide bonds. The van der Waals surface area contributed by atoms with Gasteiger partial charge in [-0.2, -0.15) is 0 Å². The molecule has 0 bridgehead atoms. The number of carbonyl (C=O) groups is 1. The number of aromatic nitrogens is 4. The van der Waals surface area contributed by atoms with Crippen LogP contribution in [0.4, 0.5) is 16.6 Å². The van der Waals surface area contributed by atoms with Gasteiger partial charge < -0.3 is 25.4 Å². The third-order valence-electron chi connectivity index (χ3n) is 7.40. The molecule has 10 nitrogen and oxygen atoms in total. The van der Waals surface area contributed by atoms with Crippen LogP contribution in [0.15, 0.2) is 30.5 Å². The average molecular weight is 506 g/mol. The largest absolute Gasteiger partial charge is 0.465 e. The number of nitrogens with zero attached hydrogens (tertiary/aromatic N) is 6. The lowest BCUT2D eigenvalue weighted by molar-refractivity contribution is 0.0976. The molecule has 1 aromatic carbocycles. The van der Waals surface area contributed by atoms with Crippen molar-refractivity contribution >= 4 is 17.9 Å². The Morgan fingerprint density at radius 2 is 1.92 bits per heavy atom. The first-order valence-corrected chi connectivity index (χ1v) is 12.7. The molecule has 37 heavy (non-hydrogen) atoms. The summed E-state index contributed by atoms with van der Waals surface area (Å²) >= 11 is 0. The summed E-state index contributed by atoms with van der Waals surface area (Å²) in [6, 6.07) is 8.04. The second-order valence-corrected chi connectivity index (χ2v) is 11.1. The summed E-state index contributed by atoms with van der Waals surface area (Å²) in [6.45, 7) is 13.2. The number of benzene rings is 1. The SMILES string of the molecule is Cc1cnc(N)n1-c1ccc(-c2nc3c(c(N4CCOCC4C)n2)[C@H](C(C)(C)C)CN(C(=O)O)C3)cc1. The van der Waals surface area contributed by atoms with E-state index < -0.39 is 6.09 Å². The van der Waals surface area contributed by atoms with Gasteiger partial charge in [0.1, 0.15) is 5.82 Å². The van der Waals surface area contributed by atoms with E-state index in [1.54, 1.807) is 6.20 Å². The summed E-state index contributed by atoms with van der Waals surface area (Å²) in [5, 5.41) is 9.90. The zero-order valence-corrected chi connectivity index (χ0v) is 22.1. The highest BCUT2D eigenvalue weighted by atomic mass is 16.5. The molecule has 196 valence electrons. The summed E-state index contributed by atoms with van der Waals surface area (Å²) in [7, 11) is 0. The molecule has 0 aliphatic carbocycles. The van der Waals surface area contributed by atoms with Gasteiger partial charge in [0.25, 0.3) is 0 Å². The topological polar surface area (TPSA) is 123 Å². The fraction of sp³-hybridized carbons (Fsp3) is 0.481. The van der Waals surface area contributed by atoms with Crippen LogP contribution in [-0.4, -0.2) is 68.0 Å². The number of nitrogens with two attached hydrogens (primary N) is 1. The van der Waals surface area contributed by atoms with Crippen molar-refractivity contribution in [2.75, 3.05) is 36.9 Å². The molecule has 4 heterocycles. The number of hydrogen-bond acceptors (Lipinski definition) is 7. The average Bonchev–Trinajstić information content (AvgIpc) is 3.20. The van der Waals surface area contributed by atoms with E-state index in [0.717, 1.165) is 40.6 Å². The highest BCUT2D eigenvalue weighted by molar-refractivity contribution is 5.68. The standard InChI is InChI=1S/C27H35N7O3/c1-16-12-29-25(28)34(16)19-8-6-18(7-9-19)23-30-21-14-32(26(35)36)13-20(27(3,4)5)22(21)24(31-23)33-10-11-37-15-17(33)2/h6-9,12,17,20H,10-11,13-15H2,1-5H3,(H2,28,29)(H,35,36)/t17?,20-/m1/s1. The Kier molecular flexibility index (Phi) is 6.31. The maximum absolute atomic E-state index is 12.1. The molecule has 2 aromatic heterocycles. The van der Waals surface area contributed by atoms with Gasteiger partial charge in [0.2, 0.25) is 5.95 Å². The van der Waals surface area contributed by atoms with Crippen LogP contribution in [0.1, 0.15) is 50.6 Å². The Morgan fingerprint density at radius 3 is 2.51 bits per heavy atom. The van der Waals surface area contributed by atoms with Gasteiger partial charge in [-0.15, -0.1) is 0 Å². The highest BCUT2D eigenvalue weighted by Crippen LogP contribution is 2.45. The molecule has 2 aliphatic rings. The van der Waals surface area contributed by atoms with E-state index in [1.807, 2.05) is 35.8 Å². The minimum absolute atomic E-state index is 0.0407. The smallest absolute Gasteiger partial charge is 0.407 e. The zero-order valence-electron chi connectivity index (χ0n) is 22.1. The Bertz CT molecular complexity index is 1290. The van der Waals surface area contributed by atoms with Crippen LogP contribution in [0.5, 0.6) is 0 Å². The first-order valence-electron chi connectivity index (χ1n) is 12.7. The van der Waals surface area contributed by atoms with Crippen LogP contribution in [0.2, 0.25) is 0 Å². The molecule has 0 radical (unpaired) electrons. The van der Waals surface area contributed by atoms with E-state index in [0.29, 0.717) is 31.5 Å². The normalized spacial score (nSPS) is 20.1. The molecular formula is C27H35N7O3. The summed E-state index contributed by atoms with van der Waals surface area (Å²) in [4.78, 5) is 30.1. The first-order chi connectivity index (χ1) is 17.5. The Balaban J connectivity index is 1.65. The maximum atomic E-state index is 12.1. The van der Waals surface area contributed by atoms with E-state index in [-0.39, 0.29) is 23.9 Å². The number of amides is 1. The van der Waals surface area contributed by atoms with Gasteiger partial charge in [0.05, 0.1) is 37.7 Å². The molecule has 0 spiro atoms. The third-order valence-corrected chi connectivity index (χ3v) is 7.40. The first kappa shape index (κ1) is 25.0. The predicted octanol–water partition coefficient (Wildman–Crippen LogP) is 4.07. The number of fused-ring (bicyclic) bond motifs is 1. The van der Waals surface area contributed by atoms with Crippen LogP contribution < -0.4 is 10.6 Å². The number of nitrogen functional groups attached to an aromatic ring is 1. The molecule has 0 saturated carbocycles. The van der Waals surface area contributed by atoms with Gasteiger partial charge >= 0.3 is 6.09 Å². The van der Waals surface area contributed by atoms with Crippen molar-refractivity contribution in [2.45, 2.75) is 53.1 Å². The van der Waals surface area contributed by atoms with Crippen molar-refractivity contribution in [1.82, 2.24) is 24.4 Å². The van der Waals surface area contributed by atoms with Crippen LogP contribution in [0, 0.1) is 12.3 Å². The summed E-state index contributed by atoms with van der Waals surface area (Å²) < 4.78 is 7.60. The highest BCUT2D eigenvalue weighted by Gasteiger charge is 2.40. The van der Waals surface area contributed by atoms with Crippen molar-refractivity contribution in [3.63, 3.8) is 0 Å². The van der Waals surface area contributed by atoms with Crippen molar-refractivity contribution in [1.29, 1.82) is 0 Å². The number of aryl methyl sites for hydroxylation is 1. The van der Waals surface area contributed by atoms with Gasteiger partial charge in [-0.05, 0) is 43.5 Å². The van der Waals surface area contributed by atoms with Gasteiger partial charge in [0.15, 0.2) is 5.82 Å². The zero-order chi connectivity index (χ0) is 26.5. The number of hydrogen-bond donors (Lipinski definition) is 2. The molecule has 10 heteroatoms. The number of anilines is 2. The Labute approximate surface area is 217 Å². The minimum atomic E-state index is -0.931. The molecule has 1 unspecified atom stereocenters. The van der Waals surface area contributed by atoms with Crippen LogP contribution in [-0.2, 0) is 11.3 Å². The number of rotatable bonds is 3. The van der Waals surface area contributed by atoms with E-state index in [9.17, 15) is 9.90 Å². The van der Waals surface area contributed by atoms with Crippen LogP contribution in [0.25, 0.3) is 17.1 Å². The number of morpholine rings is 1. The summed E-state index contributed by atoms with van der Waals surface area (Å²) in [6.07, 6.45) is 0.810. The van der Waals surface area contributed by atoms with Crippen molar-refractivity contribution in [2.24, 2.45) is 5.41 Å². The molecular weight excluding hydrogens is 470 g/mol. The van der Waals surface area contributed by atoms with Crippen LogP contribution in [0.3, 0.4) is 0 Å². The fourth-order valence-electron chi connectivity index (χ4n) is 5.33. The summed E-state index contributed by atoms with van der Waals surface area (Å²) in [5.74, 6) is 1.86. The fourth-order valence-corrected chi connectivity index (χ4v) is 5.33. The lowest BCUT2D eigenvalue weighted by atomic mass is 9.74. The molecule has 1 saturated heterocycles. The van der Waals surface area contributed by atoms with E-state index in [4.69, 9.17) is 20.4 Å². The van der Waals surface area contributed by atoms with E-state index >= 15 is 0 Å². The molecule has 3 N–H and O–H groups in total. The van der Waals surface area contributed by atoms with E-state index in [1.165, 1.54) is 4.90 Å². The van der Waals surface area contributed by atoms with Crippen LogP contribution >= 0.6 is 0 Å². The van der Waals surface area contributed by atoms with Gasteiger partial charge in [-0.1, -0.05) is 20.8 Å². The van der Waals surface area contributed by atoms with Crippen molar-refractivity contribution in [3.05, 3.63) is 47.4 Å². The molecule has 1 fully saturated rings. The van der Waals surface area contributed by atoms with E-state index in [2.05, 4.69) is 37.6 Å². The van der Waals surface area contributed by atoms with Crippen molar-refractivity contribution in [3.8, 4) is 17.1 Å². The third kappa shape index (κ3) is 4.61. The Morgan fingerprint density at radius 1 is 1.19 bits per heavy atom. The molecule has 3 aromatic rings. The predicted molar refractivity (Wildman–Crippen MR) is 142 cm³/mol. The quantitative estimate of drug-likeness (QED) is 0.546. The monoisotopic (exact) mass is 505 g/mol. The second-order valence-electron chi connectivity index (χ2n) is 11.1. The van der Waals surface area contributed by atoms with Gasteiger partial charge in [-0.25, -0.2) is 19.7 Å². The van der Waals surface area contributed by atoms with Gasteiger partial charge in [-0.3, -0.25) is 4.57 Å². The lowest BCUT2D eigenvalue weighted by Crippen LogP contribution is -2.47. The van der Waals surface area contributed by atoms with Crippen molar-refractivity contribution < 1.29 is 14.6 Å². The number of imidazole rings is 1. The number of carboxylic acid groups (broad SMARTS) is 1.